The Morgan fingerprint density at radius 3 is 2.12 bits per heavy atom. The molecule has 3 aromatic carbocycles. The fourth-order valence-electron chi connectivity index (χ4n) is 6.31. The third-order valence-electron chi connectivity index (χ3n) is 8.74. The second-order valence-corrected chi connectivity index (χ2v) is 13.4. The molecule has 0 saturated heterocycles. The van der Waals surface area contributed by atoms with E-state index in [1.807, 2.05) is 30.2 Å². The van der Waals surface area contributed by atoms with Crippen molar-refractivity contribution < 1.29 is 9.47 Å². The summed E-state index contributed by atoms with van der Waals surface area (Å²) in [7, 11) is 0. The van der Waals surface area contributed by atoms with Crippen molar-refractivity contribution in [2.75, 3.05) is 31.9 Å². The van der Waals surface area contributed by atoms with Gasteiger partial charge in [0.1, 0.15) is 13.2 Å². The molecule has 1 heterocycles. The minimum atomic E-state index is 0. The van der Waals surface area contributed by atoms with Crippen molar-refractivity contribution in [2.45, 2.75) is 82.4 Å². The van der Waals surface area contributed by atoms with Gasteiger partial charge in [-0.1, -0.05) is 86.5 Å². The van der Waals surface area contributed by atoms with E-state index in [9.17, 15) is 0 Å². The van der Waals surface area contributed by atoms with Gasteiger partial charge in [-0.25, -0.2) is 0 Å². The quantitative estimate of drug-likeness (QED) is 0.0718. The number of nitrogens with one attached hydrogen (secondary N) is 1. The van der Waals surface area contributed by atoms with Gasteiger partial charge in [0.05, 0.1) is 0 Å². The van der Waals surface area contributed by atoms with Crippen LogP contribution in [0.5, 0.6) is 11.5 Å². The van der Waals surface area contributed by atoms with Gasteiger partial charge in [0.15, 0.2) is 11.5 Å². The molecule has 0 saturated carbocycles. The Hall–Kier alpha value is -2.45. The summed E-state index contributed by atoms with van der Waals surface area (Å²) in [4.78, 5) is 8.15. The fraction of sp³-hybridized carbons (Fsp3) is 0.425. The predicted octanol–water partition coefficient (Wildman–Crippen LogP) is 10.0. The number of thioether (sulfide) groups is 1. The Morgan fingerprint density at radius 2 is 1.43 bits per heavy atom. The van der Waals surface area contributed by atoms with Crippen LogP contribution in [0, 0.1) is 0 Å². The van der Waals surface area contributed by atoms with E-state index < -0.39 is 0 Å². The normalized spacial score (nSPS) is 13.4. The van der Waals surface area contributed by atoms with Crippen LogP contribution in [0.3, 0.4) is 0 Å². The second-order valence-electron chi connectivity index (χ2n) is 12.2. The molecular formula is C40H54Cl3N3O2S. The van der Waals surface area contributed by atoms with E-state index in [2.05, 4.69) is 101 Å². The highest BCUT2D eigenvalue weighted by Crippen LogP contribution is 2.39. The van der Waals surface area contributed by atoms with Crippen LogP contribution in [-0.2, 0) is 26.1 Å². The van der Waals surface area contributed by atoms with E-state index in [0.717, 1.165) is 55.2 Å². The number of nitrogens with zero attached hydrogens (tertiary/aromatic N) is 2. The van der Waals surface area contributed by atoms with Crippen LogP contribution in [0.25, 0.3) is 0 Å². The maximum atomic E-state index is 6.56. The minimum Gasteiger partial charge on any atom is -0.485 e. The van der Waals surface area contributed by atoms with E-state index in [0.29, 0.717) is 19.3 Å². The largest absolute Gasteiger partial charge is 0.485 e. The topological polar surface area (TPSA) is 46.6 Å². The lowest BCUT2D eigenvalue weighted by atomic mass is 9.86. The van der Waals surface area contributed by atoms with Crippen molar-refractivity contribution in [1.82, 2.24) is 15.2 Å². The van der Waals surface area contributed by atoms with Crippen molar-refractivity contribution in [1.29, 1.82) is 0 Å². The third-order valence-corrected chi connectivity index (χ3v) is 9.75. The highest BCUT2D eigenvalue weighted by atomic mass is 35.5. The summed E-state index contributed by atoms with van der Waals surface area (Å²) in [6.45, 7) is 7.93. The molecule has 0 radical (unpaired) electrons. The number of halogens is 3. The lowest BCUT2D eigenvalue weighted by Crippen LogP contribution is -2.40. The zero-order valence-corrected chi connectivity index (χ0v) is 32.0. The number of unbranched alkanes of at least 4 members (excludes halogenated alkanes) is 3. The van der Waals surface area contributed by atoms with E-state index >= 15 is 0 Å². The van der Waals surface area contributed by atoms with E-state index in [1.54, 1.807) is 0 Å². The Labute approximate surface area is 317 Å². The smallest absolute Gasteiger partial charge is 0.165 e. The molecule has 1 unspecified atom stereocenters. The molecule has 268 valence electrons. The Balaban J connectivity index is 0.00000278. The molecule has 0 aliphatic heterocycles. The van der Waals surface area contributed by atoms with Gasteiger partial charge in [-0.3, -0.25) is 4.98 Å². The highest BCUT2D eigenvalue weighted by Gasteiger charge is 2.27. The zero-order chi connectivity index (χ0) is 31.7. The van der Waals surface area contributed by atoms with Gasteiger partial charge in [0.25, 0.3) is 0 Å². The number of benzene rings is 3. The summed E-state index contributed by atoms with van der Waals surface area (Å²) in [6.07, 6.45) is 13.3. The maximum Gasteiger partial charge on any atom is 0.165 e. The number of aromatic nitrogens is 1. The average Bonchev–Trinajstić information content (AvgIpc) is 3.11. The van der Waals surface area contributed by atoms with Gasteiger partial charge in [-0.2, -0.15) is 0 Å². The molecule has 0 spiro atoms. The molecule has 4 aromatic rings. The third kappa shape index (κ3) is 14.4. The van der Waals surface area contributed by atoms with E-state index in [-0.39, 0.29) is 37.2 Å². The Morgan fingerprint density at radius 1 is 0.755 bits per heavy atom. The molecule has 1 N–H and O–H groups in total. The SMILES string of the molecule is CCCN(CCCCCCNCCSc1ccncc1)C1CCc2c(ccc(OCc3ccccc3)c2OCc2ccccc2)C1.Cl.Cl.Cl. The summed E-state index contributed by atoms with van der Waals surface area (Å²) in [5.41, 5.74) is 5.09. The monoisotopic (exact) mass is 745 g/mol. The van der Waals surface area contributed by atoms with Crippen LogP contribution in [0.1, 0.15) is 67.7 Å². The molecule has 49 heavy (non-hydrogen) atoms. The summed E-state index contributed by atoms with van der Waals surface area (Å²) < 4.78 is 12.9. The molecule has 1 atom stereocenters. The number of ether oxygens (including phenoxy) is 2. The first kappa shape index (κ1) is 42.7. The number of fused-ring (bicyclic) bond motifs is 1. The van der Waals surface area contributed by atoms with E-state index in [4.69, 9.17) is 9.47 Å². The summed E-state index contributed by atoms with van der Waals surface area (Å²) in [5.74, 6) is 2.88. The van der Waals surface area contributed by atoms with Crippen molar-refractivity contribution in [3.8, 4) is 11.5 Å². The molecule has 1 aliphatic carbocycles. The van der Waals surface area contributed by atoms with Gasteiger partial charge in [-0.15, -0.1) is 49.0 Å². The van der Waals surface area contributed by atoms with Crippen molar-refractivity contribution >= 4 is 49.0 Å². The number of hydrogen-bond acceptors (Lipinski definition) is 6. The first-order chi connectivity index (χ1) is 22.8. The second kappa shape index (κ2) is 24.7. The van der Waals surface area contributed by atoms with Crippen LogP contribution < -0.4 is 14.8 Å². The molecule has 0 fully saturated rings. The van der Waals surface area contributed by atoms with Crippen LogP contribution in [-0.4, -0.2) is 47.9 Å². The first-order valence-corrected chi connectivity index (χ1v) is 18.2. The van der Waals surface area contributed by atoms with Gasteiger partial charge >= 0.3 is 0 Å². The lowest BCUT2D eigenvalue weighted by molar-refractivity contribution is 0.174. The first-order valence-electron chi connectivity index (χ1n) is 17.3. The molecule has 9 heteroatoms. The Kier molecular flexibility index (Phi) is 21.5. The number of pyridine rings is 1. The number of rotatable bonds is 20. The fourth-order valence-corrected chi connectivity index (χ4v) is 7.11. The van der Waals surface area contributed by atoms with Gasteiger partial charge < -0.3 is 19.7 Å². The van der Waals surface area contributed by atoms with Gasteiger partial charge in [0, 0.05) is 41.2 Å². The van der Waals surface area contributed by atoms with Crippen LogP contribution in [0.15, 0.2) is 102 Å². The molecule has 1 aliphatic rings. The Bertz CT molecular complexity index is 1420. The zero-order valence-electron chi connectivity index (χ0n) is 28.8. The summed E-state index contributed by atoms with van der Waals surface area (Å²) in [6, 6.07) is 30.0. The molecule has 5 rings (SSSR count). The van der Waals surface area contributed by atoms with Crippen molar-refractivity contribution in [3.05, 3.63) is 120 Å². The van der Waals surface area contributed by atoms with Crippen LogP contribution in [0.2, 0.25) is 0 Å². The molecule has 0 bridgehead atoms. The van der Waals surface area contributed by atoms with E-state index in [1.165, 1.54) is 66.8 Å². The number of hydrogen-bond donors (Lipinski definition) is 1. The van der Waals surface area contributed by atoms with Crippen molar-refractivity contribution in [2.24, 2.45) is 0 Å². The maximum absolute atomic E-state index is 6.56. The molecular weight excluding hydrogens is 693 g/mol. The standard InChI is InChI=1S/C40H51N3O2S.3ClH/c1-2-27-43(28-12-4-3-11-23-41-26-29-46-37-21-24-42-25-22-37)36-18-19-38-35(30-36)17-20-39(44-31-33-13-7-5-8-14-33)40(38)45-32-34-15-9-6-10-16-34;;;/h5-10,13-17,20-22,24-25,36,41H,2-4,11-12,18-19,23,26-32H2,1H3;3*1H. The minimum absolute atomic E-state index is 0. The highest BCUT2D eigenvalue weighted by molar-refractivity contribution is 7.99. The van der Waals surface area contributed by atoms with Gasteiger partial charge in [-0.05, 0) is 93.0 Å². The van der Waals surface area contributed by atoms with Crippen LogP contribution in [0.4, 0.5) is 0 Å². The predicted molar refractivity (Wildman–Crippen MR) is 214 cm³/mol. The molecule has 1 aromatic heterocycles. The van der Waals surface area contributed by atoms with Crippen LogP contribution >= 0.6 is 49.0 Å². The summed E-state index contributed by atoms with van der Waals surface area (Å²) >= 11 is 1.89. The average molecular weight is 747 g/mol. The van der Waals surface area contributed by atoms with Gasteiger partial charge in [0.2, 0.25) is 0 Å². The summed E-state index contributed by atoms with van der Waals surface area (Å²) in [5, 5.41) is 3.61. The lowest BCUT2D eigenvalue weighted by Gasteiger charge is -2.36. The van der Waals surface area contributed by atoms with Crippen molar-refractivity contribution in [3.63, 3.8) is 0 Å². The molecule has 5 nitrogen and oxygen atoms in total. The molecule has 0 amide bonds.